The zero-order valence-electron chi connectivity index (χ0n) is 10.6. The van der Waals surface area contributed by atoms with E-state index in [1.54, 1.807) is 6.20 Å². The number of nitrogens with one attached hydrogen (secondary N) is 1. The maximum absolute atomic E-state index is 11.4. The van der Waals surface area contributed by atoms with Crippen molar-refractivity contribution < 1.29 is 4.21 Å². The molecule has 5 heteroatoms. The highest BCUT2D eigenvalue weighted by atomic mass is 32.2. The van der Waals surface area contributed by atoms with Crippen molar-refractivity contribution in [2.45, 2.75) is 18.9 Å². The standard InChI is InChI=1S/C14H17N3OS/c15-12-9-16-13-4-2-1-3-11(13)14(12)17-10-5-7-19(18)8-6-10/h1-4,9-10H,5-8,15H2,(H,16,17). The number of fused-ring (bicyclic) bond motifs is 1. The fourth-order valence-corrected chi connectivity index (χ4v) is 3.76. The van der Waals surface area contributed by atoms with Gasteiger partial charge in [-0.1, -0.05) is 18.2 Å². The van der Waals surface area contributed by atoms with Gasteiger partial charge >= 0.3 is 0 Å². The SMILES string of the molecule is Nc1cnc2ccccc2c1NC1CCS(=O)CC1. The number of nitrogens with two attached hydrogens (primary N) is 1. The van der Waals surface area contributed by atoms with Crippen molar-refractivity contribution in [3.63, 3.8) is 0 Å². The Morgan fingerprint density at radius 1 is 1.26 bits per heavy atom. The van der Waals surface area contributed by atoms with E-state index in [0.717, 1.165) is 40.9 Å². The van der Waals surface area contributed by atoms with Crippen molar-refractivity contribution in [3.8, 4) is 0 Å². The normalized spacial score (nSPS) is 23.4. The Morgan fingerprint density at radius 3 is 2.79 bits per heavy atom. The summed E-state index contributed by atoms with van der Waals surface area (Å²) < 4.78 is 11.4. The Morgan fingerprint density at radius 2 is 2.00 bits per heavy atom. The lowest BCUT2D eigenvalue weighted by Gasteiger charge is -2.25. The Balaban J connectivity index is 1.91. The summed E-state index contributed by atoms with van der Waals surface area (Å²) in [6.45, 7) is 0. The highest BCUT2D eigenvalue weighted by Crippen LogP contribution is 2.29. The van der Waals surface area contributed by atoms with Gasteiger partial charge in [-0.15, -0.1) is 0 Å². The van der Waals surface area contributed by atoms with Crippen LogP contribution in [-0.2, 0) is 10.8 Å². The second kappa shape index (κ2) is 5.17. The number of aromatic nitrogens is 1. The zero-order chi connectivity index (χ0) is 13.2. The van der Waals surface area contributed by atoms with Crippen molar-refractivity contribution >= 4 is 33.1 Å². The molecular weight excluding hydrogens is 258 g/mol. The summed E-state index contributed by atoms with van der Waals surface area (Å²) >= 11 is 0. The van der Waals surface area contributed by atoms with Crippen molar-refractivity contribution in [2.24, 2.45) is 0 Å². The summed E-state index contributed by atoms with van der Waals surface area (Å²) in [5.74, 6) is 1.56. The van der Waals surface area contributed by atoms with Gasteiger partial charge in [-0.05, 0) is 18.9 Å². The molecule has 1 aliphatic heterocycles. The van der Waals surface area contributed by atoms with E-state index >= 15 is 0 Å². The molecule has 2 heterocycles. The van der Waals surface area contributed by atoms with E-state index in [1.807, 2.05) is 24.3 Å². The van der Waals surface area contributed by atoms with Crippen LogP contribution in [0.2, 0.25) is 0 Å². The average molecular weight is 275 g/mol. The van der Waals surface area contributed by atoms with Gasteiger partial charge in [0.1, 0.15) is 0 Å². The predicted molar refractivity (Wildman–Crippen MR) is 80.7 cm³/mol. The fourth-order valence-electron chi connectivity index (χ4n) is 2.46. The number of hydrogen-bond donors (Lipinski definition) is 2. The largest absolute Gasteiger partial charge is 0.396 e. The van der Waals surface area contributed by atoms with E-state index in [-0.39, 0.29) is 0 Å². The highest BCUT2D eigenvalue weighted by Gasteiger charge is 2.19. The molecule has 2 aromatic rings. The fraction of sp³-hybridized carbons (Fsp3) is 0.357. The first-order chi connectivity index (χ1) is 9.24. The molecule has 0 bridgehead atoms. The van der Waals surface area contributed by atoms with Crippen LogP contribution < -0.4 is 11.1 Å². The van der Waals surface area contributed by atoms with Crippen LogP contribution in [0.1, 0.15) is 12.8 Å². The van der Waals surface area contributed by atoms with Gasteiger partial charge in [0.25, 0.3) is 0 Å². The van der Waals surface area contributed by atoms with Gasteiger partial charge in [0.15, 0.2) is 0 Å². The second-order valence-corrected chi connectivity index (χ2v) is 6.57. The van der Waals surface area contributed by atoms with E-state index in [4.69, 9.17) is 5.73 Å². The smallest absolute Gasteiger partial charge is 0.0743 e. The molecule has 0 aliphatic carbocycles. The molecule has 0 radical (unpaired) electrons. The molecule has 19 heavy (non-hydrogen) atoms. The van der Waals surface area contributed by atoms with Crippen molar-refractivity contribution in [1.29, 1.82) is 0 Å². The Labute approximate surface area is 114 Å². The van der Waals surface area contributed by atoms with Crippen LogP contribution in [0, 0.1) is 0 Å². The van der Waals surface area contributed by atoms with E-state index in [1.165, 1.54) is 0 Å². The van der Waals surface area contributed by atoms with Gasteiger partial charge in [0.2, 0.25) is 0 Å². The third-order valence-corrected chi connectivity index (χ3v) is 4.92. The lowest BCUT2D eigenvalue weighted by molar-refractivity contribution is 0.624. The van der Waals surface area contributed by atoms with Gasteiger partial charge in [-0.2, -0.15) is 0 Å². The molecule has 3 rings (SSSR count). The van der Waals surface area contributed by atoms with Crippen LogP contribution in [0.25, 0.3) is 10.9 Å². The lowest BCUT2D eigenvalue weighted by Crippen LogP contribution is -2.29. The quantitative estimate of drug-likeness (QED) is 0.881. The minimum absolute atomic E-state index is 0.353. The first-order valence-corrected chi connectivity index (χ1v) is 7.97. The van der Waals surface area contributed by atoms with Crippen LogP contribution in [-0.4, -0.2) is 26.7 Å². The minimum Gasteiger partial charge on any atom is -0.396 e. The van der Waals surface area contributed by atoms with Crippen LogP contribution in [0.5, 0.6) is 0 Å². The Kier molecular flexibility index (Phi) is 3.38. The molecule has 1 aliphatic rings. The van der Waals surface area contributed by atoms with Crippen LogP contribution >= 0.6 is 0 Å². The van der Waals surface area contributed by atoms with Crippen LogP contribution in [0.15, 0.2) is 30.5 Å². The molecule has 1 saturated heterocycles. The monoisotopic (exact) mass is 275 g/mol. The minimum atomic E-state index is -0.635. The van der Waals surface area contributed by atoms with Gasteiger partial charge in [0.05, 0.1) is 23.1 Å². The molecule has 0 unspecified atom stereocenters. The molecule has 0 saturated carbocycles. The number of benzene rings is 1. The van der Waals surface area contributed by atoms with Gasteiger partial charge in [-0.25, -0.2) is 0 Å². The van der Waals surface area contributed by atoms with Crippen molar-refractivity contribution in [3.05, 3.63) is 30.5 Å². The summed E-state index contributed by atoms with van der Waals surface area (Å²) in [5, 5.41) is 4.56. The number of hydrogen-bond acceptors (Lipinski definition) is 4. The van der Waals surface area contributed by atoms with E-state index < -0.39 is 10.8 Å². The first-order valence-electron chi connectivity index (χ1n) is 6.49. The van der Waals surface area contributed by atoms with Crippen molar-refractivity contribution in [2.75, 3.05) is 22.6 Å². The molecule has 4 nitrogen and oxygen atoms in total. The van der Waals surface area contributed by atoms with E-state index in [0.29, 0.717) is 11.7 Å². The number of pyridine rings is 1. The van der Waals surface area contributed by atoms with Crippen LogP contribution in [0.4, 0.5) is 11.4 Å². The highest BCUT2D eigenvalue weighted by molar-refractivity contribution is 7.85. The van der Waals surface area contributed by atoms with E-state index in [2.05, 4.69) is 10.3 Å². The second-order valence-electron chi connectivity index (χ2n) is 4.87. The first kappa shape index (κ1) is 12.4. The Bertz CT molecular complexity index is 619. The number of anilines is 2. The van der Waals surface area contributed by atoms with E-state index in [9.17, 15) is 4.21 Å². The maximum atomic E-state index is 11.4. The van der Waals surface area contributed by atoms with Crippen LogP contribution in [0.3, 0.4) is 0 Å². The molecular formula is C14H17N3OS. The number of nitrogen functional groups attached to an aromatic ring is 1. The van der Waals surface area contributed by atoms with Crippen molar-refractivity contribution in [1.82, 2.24) is 4.98 Å². The molecule has 100 valence electrons. The molecule has 1 aromatic heterocycles. The molecule has 0 spiro atoms. The number of rotatable bonds is 2. The molecule has 1 fully saturated rings. The predicted octanol–water partition coefficient (Wildman–Crippen LogP) is 2.14. The third-order valence-electron chi connectivity index (χ3n) is 3.54. The summed E-state index contributed by atoms with van der Waals surface area (Å²) in [6.07, 6.45) is 3.57. The summed E-state index contributed by atoms with van der Waals surface area (Å²) in [5.41, 5.74) is 8.62. The van der Waals surface area contributed by atoms with Gasteiger partial charge < -0.3 is 11.1 Å². The lowest BCUT2D eigenvalue weighted by atomic mass is 10.1. The zero-order valence-corrected chi connectivity index (χ0v) is 11.5. The molecule has 0 atom stereocenters. The Hall–Kier alpha value is -1.62. The molecule has 0 amide bonds. The third kappa shape index (κ3) is 2.56. The summed E-state index contributed by atoms with van der Waals surface area (Å²) in [6, 6.07) is 8.33. The maximum Gasteiger partial charge on any atom is 0.0743 e. The number of nitrogens with zero attached hydrogens (tertiary/aromatic N) is 1. The van der Waals surface area contributed by atoms with Gasteiger partial charge in [-0.3, -0.25) is 9.19 Å². The topological polar surface area (TPSA) is 68.0 Å². The van der Waals surface area contributed by atoms with Gasteiger partial charge in [0, 0.05) is 33.7 Å². The molecule has 3 N–H and O–H groups in total. The summed E-state index contributed by atoms with van der Waals surface area (Å²) in [4.78, 5) is 4.33. The summed E-state index contributed by atoms with van der Waals surface area (Å²) in [7, 11) is -0.635. The molecule has 1 aromatic carbocycles. The number of para-hydroxylation sites is 1. The average Bonchev–Trinajstić information content (AvgIpc) is 2.44.